The molecule has 0 aliphatic carbocycles. The standard InChI is InChI=1S/C13H14N2S/c16-10-7-11(12-5-1-3-8-14-12)13-6-2-4-9-15-13/h1-6,8-9,11,16H,7,10H2. The Morgan fingerprint density at radius 1 is 0.938 bits per heavy atom. The molecule has 16 heavy (non-hydrogen) atoms. The number of aromatic nitrogens is 2. The number of hydrogen-bond acceptors (Lipinski definition) is 3. The average molecular weight is 230 g/mol. The van der Waals surface area contributed by atoms with Gasteiger partial charge in [-0.1, -0.05) is 12.1 Å². The molecule has 0 amide bonds. The summed E-state index contributed by atoms with van der Waals surface area (Å²) in [6.45, 7) is 0. The molecule has 0 fully saturated rings. The Morgan fingerprint density at radius 3 is 1.88 bits per heavy atom. The quantitative estimate of drug-likeness (QED) is 0.817. The molecule has 0 saturated carbocycles. The highest BCUT2D eigenvalue weighted by molar-refractivity contribution is 7.80. The van der Waals surface area contributed by atoms with Gasteiger partial charge >= 0.3 is 0 Å². The van der Waals surface area contributed by atoms with Crippen LogP contribution in [0.4, 0.5) is 0 Å². The summed E-state index contributed by atoms with van der Waals surface area (Å²) in [6, 6.07) is 12.0. The third-order valence-electron chi connectivity index (χ3n) is 2.51. The Morgan fingerprint density at radius 2 is 1.50 bits per heavy atom. The first-order valence-corrected chi connectivity index (χ1v) is 5.98. The first-order valence-electron chi connectivity index (χ1n) is 5.34. The molecule has 2 heterocycles. The van der Waals surface area contributed by atoms with Crippen molar-refractivity contribution in [3.05, 3.63) is 60.2 Å². The first kappa shape index (κ1) is 11.1. The van der Waals surface area contributed by atoms with Gasteiger partial charge < -0.3 is 0 Å². The lowest BCUT2D eigenvalue weighted by atomic mass is 9.97. The third kappa shape index (κ3) is 2.61. The lowest BCUT2D eigenvalue weighted by molar-refractivity contribution is 0.732. The minimum Gasteiger partial charge on any atom is -0.261 e. The third-order valence-corrected chi connectivity index (χ3v) is 2.77. The minimum absolute atomic E-state index is 0.250. The molecule has 2 aromatic heterocycles. The smallest absolute Gasteiger partial charge is 0.0494 e. The van der Waals surface area contributed by atoms with Crippen molar-refractivity contribution >= 4 is 12.6 Å². The molecule has 0 saturated heterocycles. The highest BCUT2D eigenvalue weighted by atomic mass is 32.1. The van der Waals surface area contributed by atoms with Crippen molar-refractivity contribution in [3.63, 3.8) is 0 Å². The van der Waals surface area contributed by atoms with E-state index >= 15 is 0 Å². The molecule has 0 spiro atoms. The van der Waals surface area contributed by atoms with E-state index in [0.29, 0.717) is 0 Å². The van der Waals surface area contributed by atoms with Crippen LogP contribution in [-0.4, -0.2) is 15.7 Å². The Balaban J connectivity index is 2.31. The summed E-state index contributed by atoms with van der Waals surface area (Å²) in [6.07, 6.45) is 4.60. The summed E-state index contributed by atoms with van der Waals surface area (Å²) in [5.74, 6) is 1.08. The molecule has 0 N–H and O–H groups in total. The summed E-state index contributed by atoms with van der Waals surface area (Å²) in [7, 11) is 0. The van der Waals surface area contributed by atoms with E-state index in [9.17, 15) is 0 Å². The molecule has 0 aliphatic heterocycles. The van der Waals surface area contributed by atoms with Gasteiger partial charge in [0.25, 0.3) is 0 Å². The van der Waals surface area contributed by atoms with Gasteiger partial charge in [0.2, 0.25) is 0 Å². The molecule has 82 valence electrons. The van der Waals surface area contributed by atoms with E-state index in [2.05, 4.69) is 22.6 Å². The van der Waals surface area contributed by atoms with Crippen molar-refractivity contribution in [2.45, 2.75) is 12.3 Å². The molecule has 0 radical (unpaired) electrons. The maximum Gasteiger partial charge on any atom is 0.0494 e. The van der Waals surface area contributed by atoms with Crippen molar-refractivity contribution in [1.29, 1.82) is 0 Å². The van der Waals surface area contributed by atoms with E-state index in [1.807, 2.05) is 48.8 Å². The van der Waals surface area contributed by atoms with Crippen LogP contribution in [0.2, 0.25) is 0 Å². The maximum atomic E-state index is 4.40. The topological polar surface area (TPSA) is 25.8 Å². The summed E-state index contributed by atoms with van der Waals surface area (Å²) in [4.78, 5) is 8.80. The Bertz CT molecular complexity index is 377. The van der Waals surface area contributed by atoms with Crippen LogP contribution in [0, 0.1) is 0 Å². The van der Waals surface area contributed by atoms with Crippen molar-refractivity contribution in [1.82, 2.24) is 9.97 Å². The monoisotopic (exact) mass is 230 g/mol. The molecule has 2 rings (SSSR count). The van der Waals surface area contributed by atoms with Gasteiger partial charge in [-0.15, -0.1) is 0 Å². The van der Waals surface area contributed by atoms with E-state index in [1.54, 1.807) is 0 Å². The number of rotatable bonds is 4. The van der Waals surface area contributed by atoms with Gasteiger partial charge in [0, 0.05) is 29.7 Å². The van der Waals surface area contributed by atoms with Gasteiger partial charge in [0.15, 0.2) is 0 Å². The molecule has 0 aromatic carbocycles. The second-order valence-corrected chi connectivity index (χ2v) is 4.02. The molecule has 3 heteroatoms. The van der Waals surface area contributed by atoms with Crippen molar-refractivity contribution < 1.29 is 0 Å². The van der Waals surface area contributed by atoms with Crippen molar-refractivity contribution in [2.24, 2.45) is 0 Å². The summed E-state index contributed by atoms with van der Waals surface area (Å²) in [5, 5.41) is 0. The van der Waals surface area contributed by atoms with E-state index in [1.165, 1.54) is 0 Å². The molecule has 2 nitrogen and oxygen atoms in total. The minimum atomic E-state index is 0.250. The molecular weight excluding hydrogens is 216 g/mol. The van der Waals surface area contributed by atoms with Crippen LogP contribution in [0.25, 0.3) is 0 Å². The summed E-state index contributed by atoms with van der Waals surface area (Å²) >= 11 is 4.30. The van der Waals surface area contributed by atoms with Crippen LogP contribution in [0.5, 0.6) is 0 Å². The van der Waals surface area contributed by atoms with Crippen LogP contribution in [0.3, 0.4) is 0 Å². The predicted octanol–water partition coefficient (Wildman–Crippen LogP) is 2.93. The van der Waals surface area contributed by atoms with E-state index < -0.39 is 0 Å². The molecule has 0 aliphatic rings. The van der Waals surface area contributed by atoms with Crippen LogP contribution in [-0.2, 0) is 0 Å². The molecule has 0 atom stereocenters. The Labute approximate surface area is 101 Å². The second kappa shape index (κ2) is 5.66. The normalized spacial score (nSPS) is 10.6. The maximum absolute atomic E-state index is 4.40. The van der Waals surface area contributed by atoms with Gasteiger partial charge in [-0.2, -0.15) is 12.6 Å². The van der Waals surface area contributed by atoms with Gasteiger partial charge in [0.1, 0.15) is 0 Å². The highest BCUT2D eigenvalue weighted by Gasteiger charge is 2.15. The summed E-state index contributed by atoms with van der Waals surface area (Å²) in [5.41, 5.74) is 2.13. The zero-order valence-electron chi connectivity index (χ0n) is 8.95. The lowest BCUT2D eigenvalue weighted by Gasteiger charge is -2.14. The number of nitrogens with zero attached hydrogens (tertiary/aromatic N) is 2. The average Bonchev–Trinajstić information content (AvgIpc) is 2.38. The van der Waals surface area contributed by atoms with Crippen molar-refractivity contribution in [3.8, 4) is 0 Å². The van der Waals surface area contributed by atoms with E-state index in [4.69, 9.17) is 0 Å². The highest BCUT2D eigenvalue weighted by Crippen LogP contribution is 2.24. The van der Waals surface area contributed by atoms with Crippen LogP contribution in [0.15, 0.2) is 48.8 Å². The predicted molar refractivity (Wildman–Crippen MR) is 68.8 cm³/mol. The lowest BCUT2D eigenvalue weighted by Crippen LogP contribution is -2.05. The van der Waals surface area contributed by atoms with Gasteiger partial charge in [0.05, 0.1) is 0 Å². The van der Waals surface area contributed by atoms with E-state index in [0.717, 1.165) is 23.6 Å². The fourth-order valence-electron chi connectivity index (χ4n) is 1.74. The number of hydrogen-bond donors (Lipinski definition) is 1. The fraction of sp³-hybridized carbons (Fsp3) is 0.231. The van der Waals surface area contributed by atoms with Crippen LogP contribution < -0.4 is 0 Å². The van der Waals surface area contributed by atoms with Crippen LogP contribution >= 0.6 is 12.6 Å². The van der Waals surface area contributed by atoms with Gasteiger partial charge in [-0.05, 0) is 36.4 Å². The van der Waals surface area contributed by atoms with E-state index in [-0.39, 0.29) is 5.92 Å². The van der Waals surface area contributed by atoms with Crippen molar-refractivity contribution in [2.75, 3.05) is 5.75 Å². The fourth-order valence-corrected chi connectivity index (χ4v) is 2.00. The largest absolute Gasteiger partial charge is 0.261 e. The molecule has 0 bridgehead atoms. The Hall–Kier alpha value is -1.35. The van der Waals surface area contributed by atoms with Gasteiger partial charge in [-0.25, -0.2) is 0 Å². The second-order valence-electron chi connectivity index (χ2n) is 3.57. The zero-order valence-corrected chi connectivity index (χ0v) is 9.85. The number of pyridine rings is 2. The van der Waals surface area contributed by atoms with Crippen LogP contribution in [0.1, 0.15) is 23.7 Å². The zero-order chi connectivity index (χ0) is 11.2. The van der Waals surface area contributed by atoms with Gasteiger partial charge in [-0.3, -0.25) is 9.97 Å². The summed E-state index contributed by atoms with van der Waals surface area (Å²) < 4.78 is 0. The molecular formula is C13H14N2S. The SMILES string of the molecule is SCCC(c1ccccn1)c1ccccn1. The molecule has 0 unspecified atom stereocenters. The Kier molecular flexibility index (Phi) is 3.94. The first-order chi connectivity index (χ1) is 7.92. The number of thiol groups is 1. The molecule has 2 aromatic rings.